The van der Waals surface area contributed by atoms with Gasteiger partial charge < -0.3 is 19.3 Å². The monoisotopic (exact) mass is 352 g/mol. The summed E-state index contributed by atoms with van der Waals surface area (Å²) in [5, 5.41) is 7.22. The number of nitrogens with zero attached hydrogens (tertiary/aromatic N) is 3. The number of hydrogen-bond donors (Lipinski definition) is 1. The summed E-state index contributed by atoms with van der Waals surface area (Å²) in [6, 6.07) is 7.76. The second-order valence-electron chi connectivity index (χ2n) is 6.52. The average molecular weight is 352 g/mol. The number of ether oxygens (including phenoxy) is 2. The number of nitrogens with one attached hydrogen (secondary N) is 1. The Morgan fingerprint density at radius 1 is 1.15 bits per heavy atom. The molecule has 3 aromatic rings. The number of fused-ring (bicyclic) bond motifs is 1. The molecule has 0 amide bonds. The summed E-state index contributed by atoms with van der Waals surface area (Å²) >= 11 is 0. The number of aromatic nitrogens is 3. The molecule has 0 unspecified atom stereocenters. The number of rotatable bonds is 5. The fraction of sp³-hybridized carbons (Fsp3) is 0.316. The van der Waals surface area contributed by atoms with E-state index in [1.54, 1.807) is 6.20 Å². The average Bonchev–Trinajstić information content (AvgIpc) is 3.28. The third kappa shape index (κ3) is 3.20. The molecular weight excluding hydrogens is 332 g/mol. The highest BCUT2D eigenvalue weighted by atomic mass is 16.7. The standard InChI is InChI=1S/C19H20N4O3/c1-11(2)18-14(16-6-12(3)23-26-16)9-21-19(22-18)20-8-13-4-5-15-17(7-13)25-10-24-15/h4-7,9,11H,8,10H2,1-3H3,(H,20,21,22). The van der Waals surface area contributed by atoms with Crippen LogP contribution in [0.4, 0.5) is 5.95 Å². The minimum Gasteiger partial charge on any atom is -0.454 e. The highest BCUT2D eigenvalue weighted by molar-refractivity contribution is 5.61. The Kier molecular flexibility index (Phi) is 4.20. The van der Waals surface area contributed by atoms with Crippen molar-refractivity contribution < 1.29 is 14.0 Å². The minimum absolute atomic E-state index is 0.226. The summed E-state index contributed by atoms with van der Waals surface area (Å²) in [5.74, 6) is 3.03. The first-order valence-corrected chi connectivity index (χ1v) is 8.53. The maximum atomic E-state index is 5.41. The lowest BCUT2D eigenvalue weighted by Gasteiger charge is -2.12. The summed E-state index contributed by atoms with van der Waals surface area (Å²) in [5.41, 5.74) is 3.69. The van der Waals surface area contributed by atoms with Crippen molar-refractivity contribution in [1.29, 1.82) is 0 Å². The molecule has 0 radical (unpaired) electrons. The Balaban J connectivity index is 1.54. The second-order valence-corrected chi connectivity index (χ2v) is 6.52. The lowest BCUT2D eigenvalue weighted by Crippen LogP contribution is -2.07. The van der Waals surface area contributed by atoms with Crippen LogP contribution in [0.3, 0.4) is 0 Å². The van der Waals surface area contributed by atoms with E-state index in [0.717, 1.165) is 34.0 Å². The SMILES string of the molecule is Cc1cc(-c2cnc(NCc3ccc4c(c3)OCO4)nc2C(C)C)on1. The second kappa shape index (κ2) is 6.67. The number of aryl methyl sites for hydroxylation is 1. The Bertz CT molecular complexity index is 936. The fourth-order valence-electron chi connectivity index (χ4n) is 2.83. The molecule has 4 rings (SSSR count). The third-order valence-corrected chi connectivity index (χ3v) is 4.15. The van der Waals surface area contributed by atoms with E-state index in [1.807, 2.05) is 31.2 Å². The van der Waals surface area contributed by atoms with Gasteiger partial charge in [-0.15, -0.1) is 0 Å². The molecule has 7 heteroatoms. The zero-order chi connectivity index (χ0) is 18.1. The van der Waals surface area contributed by atoms with Crippen LogP contribution in [0.15, 0.2) is 35.0 Å². The van der Waals surface area contributed by atoms with Crippen molar-refractivity contribution in [2.75, 3.05) is 12.1 Å². The van der Waals surface area contributed by atoms with Crippen molar-refractivity contribution in [2.24, 2.45) is 0 Å². The lowest BCUT2D eigenvalue weighted by atomic mass is 10.0. The molecular formula is C19H20N4O3. The van der Waals surface area contributed by atoms with E-state index >= 15 is 0 Å². The minimum atomic E-state index is 0.226. The van der Waals surface area contributed by atoms with Gasteiger partial charge in [0, 0.05) is 18.8 Å². The van der Waals surface area contributed by atoms with E-state index in [4.69, 9.17) is 14.0 Å². The summed E-state index contributed by atoms with van der Waals surface area (Å²) in [6.07, 6.45) is 1.78. The van der Waals surface area contributed by atoms with Crippen LogP contribution in [0, 0.1) is 6.92 Å². The summed E-state index contributed by atoms with van der Waals surface area (Å²) in [4.78, 5) is 9.11. The van der Waals surface area contributed by atoms with Crippen LogP contribution in [-0.4, -0.2) is 21.9 Å². The van der Waals surface area contributed by atoms with Gasteiger partial charge in [-0.25, -0.2) is 9.97 Å². The third-order valence-electron chi connectivity index (χ3n) is 4.15. The van der Waals surface area contributed by atoms with E-state index in [9.17, 15) is 0 Å². The van der Waals surface area contributed by atoms with Crippen molar-refractivity contribution in [3.05, 3.63) is 47.4 Å². The van der Waals surface area contributed by atoms with Crippen LogP contribution in [0.5, 0.6) is 11.5 Å². The van der Waals surface area contributed by atoms with Crippen LogP contribution in [0.2, 0.25) is 0 Å². The lowest BCUT2D eigenvalue weighted by molar-refractivity contribution is 0.174. The quantitative estimate of drug-likeness (QED) is 0.745. The van der Waals surface area contributed by atoms with Crippen LogP contribution in [0.25, 0.3) is 11.3 Å². The van der Waals surface area contributed by atoms with E-state index in [2.05, 4.69) is 34.3 Å². The first-order chi connectivity index (χ1) is 12.6. The maximum absolute atomic E-state index is 5.41. The number of hydrogen-bond acceptors (Lipinski definition) is 7. The molecule has 0 fully saturated rings. The molecule has 2 aromatic heterocycles. The summed E-state index contributed by atoms with van der Waals surface area (Å²) < 4.78 is 16.1. The number of benzene rings is 1. The van der Waals surface area contributed by atoms with Crippen molar-refractivity contribution in [2.45, 2.75) is 33.2 Å². The molecule has 0 atom stereocenters. The van der Waals surface area contributed by atoms with Gasteiger partial charge in [-0.1, -0.05) is 25.1 Å². The van der Waals surface area contributed by atoms with E-state index in [-0.39, 0.29) is 12.7 Å². The Hall–Kier alpha value is -3.09. The molecule has 0 saturated heterocycles. The molecule has 3 heterocycles. The van der Waals surface area contributed by atoms with E-state index in [1.165, 1.54) is 0 Å². The maximum Gasteiger partial charge on any atom is 0.231 e. The first-order valence-electron chi connectivity index (χ1n) is 8.53. The van der Waals surface area contributed by atoms with Gasteiger partial charge >= 0.3 is 0 Å². The Labute approximate surface area is 151 Å². The summed E-state index contributed by atoms with van der Waals surface area (Å²) in [6.45, 7) is 6.95. The highest BCUT2D eigenvalue weighted by Gasteiger charge is 2.17. The van der Waals surface area contributed by atoms with E-state index < -0.39 is 0 Å². The van der Waals surface area contributed by atoms with Gasteiger partial charge in [0.1, 0.15) is 0 Å². The van der Waals surface area contributed by atoms with Crippen molar-refractivity contribution in [3.63, 3.8) is 0 Å². The highest BCUT2D eigenvalue weighted by Crippen LogP contribution is 2.33. The Morgan fingerprint density at radius 2 is 2.00 bits per heavy atom. The predicted octanol–water partition coefficient (Wildman–Crippen LogP) is 3.90. The fourth-order valence-corrected chi connectivity index (χ4v) is 2.83. The molecule has 134 valence electrons. The van der Waals surface area contributed by atoms with Crippen LogP contribution >= 0.6 is 0 Å². The van der Waals surface area contributed by atoms with Gasteiger partial charge in [-0.05, 0) is 30.5 Å². The molecule has 1 N–H and O–H groups in total. The Morgan fingerprint density at radius 3 is 2.77 bits per heavy atom. The van der Waals surface area contributed by atoms with Crippen LogP contribution < -0.4 is 14.8 Å². The van der Waals surface area contributed by atoms with Gasteiger partial charge in [0.15, 0.2) is 17.3 Å². The molecule has 26 heavy (non-hydrogen) atoms. The molecule has 7 nitrogen and oxygen atoms in total. The van der Waals surface area contributed by atoms with Crippen molar-refractivity contribution in [3.8, 4) is 22.8 Å². The van der Waals surface area contributed by atoms with Crippen LogP contribution in [-0.2, 0) is 6.54 Å². The topological polar surface area (TPSA) is 82.3 Å². The molecule has 0 bridgehead atoms. The largest absolute Gasteiger partial charge is 0.454 e. The van der Waals surface area contributed by atoms with Gasteiger partial charge in [0.25, 0.3) is 0 Å². The molecule has 1 aromatic carbocycles. The molecule has 0 aliphatic carbocycles. The van der Waals surface area contributed by atoms with Crippen LogP contribution in [0.1, 0.15) is 36.7 Å². The normalized spacial score (nSPS) is 12.6. The molecule has 0 saturated carbocycles. The van der Waals surface area contributed by atoms with Crippen molar-refractivity contribution >= 4 is 5.95 Å². The molecule has 0 spiro atoms. The molecule has 1 aliphatic heterocycles. The van der Waals surface area contributed by atoms with Crippen molar-refractivity contribution in [1.82, 2.24) is 15.1 Å². The zero-order valence-electron chi connectivity index (χ0n) is 14.9. The van der Waals surface area contributed by atoms with Gasteiger partial charge in [0.2, 0.25) is 12.7 Å². The smallest absolute Gasteiger partial charge is 0.231 e. The molecule has 1 aliphatic rings. The van der Waals surface area contributed by atoms with Gasteiger partial charge in [-0.2, -0.15) is 0 Å². The first kappa shape index (κ1) is 16.4. The number of anilines is 1. The van der Waals surface area contributed by atoms with Gasteiger partial charge in [-0.3, -0.25) is 0 Å². The van der Waals surface area contributed by atoms with Gasteiger partial charge in [0.05, 0.1) is 17.0 Å². The zero-order valence-corrected chi connectivity index (χ0v) is 14.9. The predicted molar refractivity (Wildman–Crippen MR) is 96.2 cm³/mol. The summed E-state index contributed by atoms with van der Waals surface area (Å²) in [7, 11) is 0. The van der Waals surface area contributed by atoms with E-state index in [0.29, 0.717) is 18.3 Å².